The maximum atomic E-state index is 13.0. The highest BCUT2D eigenvalue weighted by Gasteiger charge is 2.28. The second-order valence-corrected chi connectivity index (χ2v) is 7.55. The van der Waals surface area contributed by atoms with Crippen molar-refractivity contribution in [3.63, 3.8) is 0 Å². The largest absolute Gasteiger partial charge is 0.391 e. The van der Waals surface area contributed by atoms with Gasteiger partial charge in [0, 0.05) is 17.6 Å². The number of aryl methyl sites for hydroxylation is 1. The fourth-order valence-electron chi connectivity index (χ4n) is 3.47. The third kappa shape index (κ3) is 3.94. The van der Waals surface area contributed by atoms with Crippen molar-refractivity contribution in [2.24, 2.45) is 7.05 Å². The van der Waals surface area contributed by atoms with Crippen molar-refractivity contribution in [2.45, 2.75) is 31.4 Å². The molecule has 150 valence electrons. The lowest BCUT2D eigenvalue weighted by Gasteiger charge is -2.17. The van der Waals surface area contributed by atoms with E-state index in [1.165, 1.54) is 12.3 Å². The van der Waals surface area contributed by atoms with Crippen LogP contribution >= 0.6 is 11.6 Å². The fraction of sp³-hybridized carbons (Fsp3) is 0.300. The molecule has 1 aliphatic rings. The predicted molar refractivity (Wildman–Crippen MR) is 108 cm³/mol. The molecular weight excluding hydrogens is 394 g/mol. The Morgan fingerprint density at radius 3 is 2.66 bits per heavy atom. The maximum absolute atomic E-state index is 13.0. The van der Waals surface area contributed by atoms with E-state index in [0.29, 0.717) is 34.8 Å². The lowest BCUT2D eigenvalue weighted by molar-refractivity contribution is 0.0871. The Hall–Kier alpha value is -2.97. The zero-order valence-corrected chi connectivity index (χ0v) is 16.5. The van der Waals surface area contributed by atoms with E-state index >= 15 is 0 Å². The summed E-state index contributed by atoms with van der Waals surface area (Å²) in [6.07, 6.45) is 4.69. The number of rotatable bonds is 4. The Bertz CT molecular complexity index is 1110. The molecule has 2 atom stereocenters. The van der Waals surface area contributed by atoms with E-state index < -0.39 is 17.6 Å². The Morgan fingerprint density at radius 1 is 1.28 bits per heavy atom. The van der Waals surface area contributed by atoms with Gasteiger partial charge in [-0.05, 0) is 37.5 Å². The third-order valence-corrected chi connectivity index (χ3v) is 5.28. The number of benzene rings is 1. The van der Waals surface area contributed by atoms with E-state index in [0.717, 1.165) is 11.1 Å². The Morgan fingerprint density at radius 2 is 2.03 bits per heavy atom. The van der Waals surface area contributed by atoms with Crippen LogP contribution in [-0.2, 0) is 7.05 Å². The average Bonchev–Trinajstić information content (AvgIpc) is 3.31. The van der Waals surface area contributed by atoms with Crippen LogP contribution in [0.3, 0.4) is 0 Å². The van der Waals surface area contributed by atoms with E-state index in [2.05, 4.69) is 15.5 Å². The Labute approximate surface area is 171 Å². The quantitative estimate of drug-likeness (QED) is 0.680. The van der Waals surface area contributed by atoms with Crippen LogP contribution in [0.1, 0.15) is 29.6 Å². The summed E-state index contributed by atoms with van der Waals surface area (Å²) in [7, 11) is 1.73. The summed E-state index contributed by atoms with van der Waals surface area (Å²) in [6, 6.07) is 8.08. The van der Waals surface area contributed by atoms with Crippen molar-refractivity contribution < 1.29 is 9.90 Å². The smallest absolute Gasteiger partial charge is 0.284 e. The van der Waals surface area contributed by atoms with Crippen molar-refractivity contribution in [1.82, 2.24) is 24.9 Å². The molecule has 2 aromatic heterocycles. The van der Waals surface area contributed by atoms with Crippen molar-refractivity contribution in [2.75, 3.05) is 0 Å². The van der Waals surface area contributed by atoms with Gasteiger partial charge in [-0.15, -0.1) is 0 Å². The minimum atomic E-state index is -0.600. The molecule has 1 aliphatic carbocycles. The van der Waals surface area contributed by atoms with Gasteiger partial charge in [0.15, 0.2) is 0 Å². The summed E-state index contributed by atoms with van der Waals surface area (Å²) >= 11 is 5.97. The number of aromatic nitrogens is 4. The van der Waals surface area contributed by atoms with Gasteiger partial charge in [-0.2, -0.15) is 14.9 Å². The Kier molecular flexibility index (Phi) is 5.21. The monoisotopic (exact) mass is 413 g/mol. The summed E-state index contributed by atoms with van der Waals surface area (Å²) in [5.74, 6) is -0.531. The molecule has 1 amide bonds. The molecule has 2 N–H and O–H groups in total. The van der Waals surface area contributed by atoms with Crippen LogP contribution < -0.4 is 10.9 Å². The second kappa shape index (κ2) is 7.81. The molecule has 4 rings (SSSR count). The topological polar surface area (TPSA) is 102 Å². The number of halogens is 1. The Balaban J connectivity index is 1.80. The second-order valence-electron chi connectivity index (χ2n) is 7.12. The number of hydrogen-bond donors (Lipinski definition) is 2. The first-order chi connectivity index (χ1) is 13.9. The molecule has 3 aromatic rings. The van der Waals surface area contributed by atoms with E-state index in [9.17, 15) is 14.7 Å². The molecule has 0 saturated heterocycles. The highest BCUT2D eigenvalue weighted by atomic mass is 35.5. The number of aliphatic hydroxyl groups is 1. The van der Waals surface area contributed by atoms with Crippen LogP contribution in [0.2, 0.25) is 5.02 Å². The number of amides is 1. The van der Waals surface area contributed by atoms with Gasteiger partial charge < -0.3 is 10.4 Å². The van der Waals surface area contributed by atoms with Crippen LogP contribution in [0.4, 0.5) is 0 Å². The van der Waals surface area contributed by atoms with Crippen LogP contribution in [0.15, 0.2) is 47.5 Å². The molecule has 1 saturated carbocycles. The predicted octanol–water partition coefficient (Wildman–Crippen LogP) is 1.93. The fourth-order valence-corrected chi connectivity index (χ4v) is 3.59. The maximum Gasteiger partial charge on any atom is 0.284 e. The number of carbonyl (C=O) groups excluding carboxylic acids is 1. The van der Waals surface area contributed by atoms with Crippen LogP contribution in [0.25, 0.3) is 16.9 Å². The van der Waals surface area contributed by atoms with E-state index in [1.54, 1.807) is 42.2 Å². The van der Waals surface area contributed by atoms with Gasteiger partial charge in [0.05, 0.1) is 30.2 Å². The average molecular weight is 414 g/mol. The zero-order chi connectivity index (χ0) is 20.5. The van der Waals surface area contributed by atoms with E-state index in [-0.39, 0.29) is 11.6 Å². The van der Waals surface area contributed by atoms with Crippen molar-refractivity contribution in [1.29, 1.82) is 0 Å². The molecule has 8 nitrogen and oxygen atoms in total. The zero-order valence-electron chi connectivity index (χ0n) is 15.7. The first-order valence-corrected chi connectivity index (χ1v) is 9.68. The highest BCUT2D eigenvalue weighted by molar-refractivity contribution is 6.30. The van der Waals surface area contributed by atoms with Gasteiger partial charge in [0.25, 0.3) is 11.5 Å². The third-order valence-electron chi connectivity index (χ3n) is 5.03. The minimum Gasteiger partial charge on any atom is -0.391 e. The van der Waals surface area contributed by atoms with Gasteiger partial charge >= 0.3 is 0 Å². The summed E-state index contributed by atoms with van der Waals surface area (Å²) < 4.78 is 2.71. The lowest BCUT2D eigenvalue weighted by atomic mass is 10.1. The number of carbonyl (C=O) groups is 1. The van der Waals surface area contributed by atoms with Gasteiger partial charge in [-0.1, -0.05) is 23.7 Å². The molecule has 1 fully saturated rings. The van der Waals surface area contributed by atoms with E-state index in [4.69, 9.17) is 11.6 Å². The molecule has 0 unspecified atom stereocenters. The van der Waals surface area contributed by atoms with Gasteiger partial charge in [0.1, 0.15) is 11.3 Å². The SMILES string of the molecule is Cn1cc(-n2nc(-c3ccc(Cl)cc3)cc(C(=O)N[C@H]3CCC[C@@H]3O)c2=O)cn1. The molecule has 9 heteroatoms. The normalized spacial score (nSPS) is 18.7. The van der Waals surface area contributed by atoms with Crippen molar-refractivity contribution in [3.05, 3.63) is 63.7 Å². The number of nitrogens with one attached hydrogen (secondary N) is 1. The summed E-state index contributed by atoms with van der Waals surface area (Å²) in [6.45, 7) is 0. The highest BCUT2D eigenvalue weighted by Crippen LogP contribution is 2.22. The summed E-state index contributed by atoms with van der Waals surface area (Å²) in [5.41, 5.74) is 1.00. The summed E-state index contributed by atoms with van der Waals surface area (Å²) in [4.78, 5) is 25.9. The van der Waals surface area contributed by atoms with E-state index in [1.807, 2.05) is 0 Å². The first-order valence-electron chi connectivity index (χ1n) is 9.30. The molecule has 1 aromatic carbocycles. The minimum absolute atomic E-state index is 0.0482. The first kappa shape index (κ1) is 19.4. The lowest BCUT2D eigenvalue weighted by Crippen LogP contribution is -2.42. The van der Waals surface area contributed by atoms with Crippen molar-refractivity contribution in [3.8, 4) is 16.9 Å². The molecule has 0 bridgehead atoms. The molecule has 0 aliphatic heterocycles. The van der Waals surface area contributed by atoms with Crippen LogP contribution in [0.5, 0.6) is 0 Å². The van der Waals surface area contributed by atoms with Crippen LogP contribution in [-0.4, -0.2) is 42.7 Å². The number of aliphatic hydroxyl groups excluding tert-OH is 1. The molecule has 2 heterocycles. The standard InChI is InChI=1S/C20H20ClN5O3/c1-25-11-14(10-22-25)26-20(29)15(19(28)23-16-3-2-4-18(16)27)9-17(24-26)12-5-7-13(21)8-6-12/h5-11,16,18,27H,2-4H2,1H3,(H,23,28)/t16-,18-/m0/s1. The molecular formula is C20H20ClN5O3. The molecule has 29 heavy (non-hydrogen) atoms. The van der Waals surface area contributed by atoms with Gasteiger partial charge in [-0.25, -0.2) is 0 Å². The van der Waals surface area contributed by atoms with Gasteiger partial charge in [0.2, 0.25) is 0 Å². The summed E-state index contributed by atoms with van der Waals surface area (Å²) in [5, 5.41) is 21.9. The molecule has 0 spiro atoms. The van der Waals surface area contributed by atoms with Crippen LogP contribution in [0, 0.1) is 0 Å². The number of nitrogens with zero attached hydrogens (tertiary/aromatic N) is 4. The van der Waals surface area contributed by atoms with Crippen molar-refractivity contribution >= 4 is 17.5 Å². The molecule has 0 radical (unpaired) electrons. The number of hydrogen-bond acceptors (Lipinski definition) is 5. The van der Waals surface area contributed by atoms with Gasteiger partial charge in [-0.3, -0.25) is 14.3 Å².